The van der Waals surface area contributed by atoms with Gasteiger partial charge < -0.3 is 4.74 Å². The van der Waals surface area contributed by atoms with Crippen molar-refractivity contribution in [3.63, 3.8) is 0 Å². The van der Waals surface area contributed by atoms with Gasteiger partial charge in [-0.3, -0.25) is 0 Å². The van der Waals surface area contributed by atoms with Crippen LogP contribution < -0.4 is 0 Å². The average molecular weight is 268 g/mol. The van der Waals surface area contributed by atoms with E-state index in [0.717, 1.165) is 24.0 Å². The fourth-order valence-electron chi connectivity index (χ4n) is 2.36. The molecule has 0 bridgehead atoms. The van der Waals surface area contributed by atoms with Crippen LogP contribution in [0.3, 0.4) is 0 Å². The summed E-state index contributed by atoms with van der Waals surface area (Å²) in [5.74, 6) is 1.64. The third-order valence-corrected chi connectivity index (χ3v) is 3.63. The topological polar surface area (TPSA) is 9.23 Å². The van der Waals surface area contributed by atoms with Crippen molar-refractivity contribution in [3.8, 4) is 0 Å². The first-order valence-electron chi connectivity index (χ1n) is 7.53. The van der Waals surface area contributed by atoms with Crippen molar-refractivity contribution in [2.75, 3.05) is 6.61 Å². The van der Waals surface area contributed by atoms with Crippen molar-refractivity contribution in [2.24, 2.45) is 11.8 Å². The van der Waals surface area contributed by atoms with Gasteiger partial charge >= 0.3 is 0 Å². The standard InChI is InChI=1S/C17H18O.C2H6/c1-2-13-3-5-14(6-4-13)11-18-12-15-7-8-16-10-17(16)9-15;1-2/h2-9,16-17H,1,10-12H2;1-2H3. The lowest BCUT2D eigenvalue weighted by Crippen LogP contribution is -2.00. The SMILES string of the molecule is C=Cc1ccc(COCC2=CC3CC3C=C2)cc1.CC. The Labute approximate surface area is 122 Å². The fourth-order valence-corrected chi connectivity index (χ4v) is 2.36. The molecule has 0 aliphatic heterocycles. The summed E-state index contributed by atoms with van der Waals surface area (Å²) in [6, 6.07) is 8.33. The molecule has 1 fully saturated rings. The van der Waals surface area contributed by atoms with Crippen LogP contribution in [-0.4, -0.2) is 6.61 Å². The molecule has 1 aromatic rings. The van der Waals surface area contributed by atoms with Gasteiger partial charge in [-0.15, -0.1) is 0 Å². The van der Waals surface area contributed by atoms with Gasteiger partial charge in [0.25, 0.3) is 0 Å². The predicted molar refractivity (Wildman–Crippen MR) is 86.4 cm³/mol. The van der Waals surface area contributed by atoms with Crippen LogP contribution in [0.2, 0.25) is 0 Å². The van der Waals surface area contributed by atoms with E-state index in [9.17, 15) is 0 Å². The lowest BCUT2D eigenvalue weighted by molar-refractivity contribution is 0.144. The largest absolute Gasteiger partial charge is 0.372 e. The van der Waals surface area contributed by atoms with Crippen LogP contribution in [0, 0.1) is 11.8 Å². The van der Waals surface area contributed by atoms with E-state index in [4.69, 9.17) is 4.74 Å². The van der Waals surface area contributed by atoms with Crippen molar-refractivity contribution >= 4 is 6.08 Å². The second-order valence-electron chi connectivity index (χ2n) is 5.10. The molecule has 3 rings (SSSR count). The first-order chi connectivity index (χ1) is 9.85. The van der Waals surface area contributed by atoms with Gasteiger partial charge in [-0.1, -0.05) is 69.0 Å². The van der Waals surface area contributed by atoms with Crippen LogP contribution in [-0.2, 0) is 11.3 Å². The summed E-state index contributed by atoms with van der Waals surface area (Å²) in [6.07, 6.45) is 10.1. The van der Waals surface area contributed by atoms with Gasteiger partial charge in [0.2, 0.25) is 0 Å². The molecule has 106 valence electrons. The van der Waals surface area contributed by atoms with E-state index in [1.807, 2.05) is 19.9 Å². The summed E-state index contributed by atoms with van der Waals surface area (Å²) in [7, 11) is 0. The molecule has 2 aliphatic carbocycles. The van der Waals surface area contributed by atoms with Gasteiger partial charge in [0.05, 0.1) is 13.2 Å². The first-order valence-corrected chi connectivity index (χ1v) is 7.53. The zero-order valence-corrected chi connectivity index (χ0v) is 12.5. The first kappa shape index (κ1) is 14.8. The van der Waals surface area contributed by atoms with Crippen LogP contribution in [0.25, 0.3) is 6.08 Å². The van der Waals surface area contributed by atoms with Gasteiger partial charge in [-0.25, -0.2) is 0 Å². The smallest absolute Gasteiger partial charge is 0.0721 e. The number of allylic oxidation sites excluding steroid dienone is 2. The molecule has 2 aliphatic rings. The summed E-state index contributed by atoms with van der Waals surface area (Å²) >= 11 is 0. The fraction of sp³-hybridized carbons (Fsp3) is 0.368. The van der Waals surface area contributed by atoms with Crippen LogP contribution >= 0.6 is 0 Å². The zero-order valence-electron chi connectivity index (χ0n) is 12.5. The summed E-state index contributed by atoms with van der Waals surface area (Å²) in [5, 5.41) is 0. The van der Waals surface area contributed by atoms with Crippen molar-refractivity contribution in [1.29, 1.82) is 0 Å². The number of fused-ring (bicyclic) bond motifs is 1. The highest BCUT2D eigenvalue weighted by atomic mass is 16.5. The van der Waals surface area contributed by atoms with Crippen molar-refractivity contribution < 1.29 is 4.74 Å². The van der Waals surface area contributed by atoms with Crippen molar-refractivity contribution in [1.82, 2.24) is 0 Å². The monoisotopic (exact) mass is 268 g/mol. The summed E-state index contributed by atoms with van der Waals surface area (Å²) in [5.41, 5.74) is 3.69. The maximum Gasteiger partial charge on any atom is 0.0721 e. The van der Waals surface area contributed by atoms with Gasteiger partial charge in [0.15, 0.2) is 0 Å². The quantitative estimate of drug-likeness (QED) is 0.729. The number of hydrogen-bond donors (Lipinski definition) is 0. The maximum absolute atomic E-state index is 5.75. The van der Waals surface area contributed by atoms with E-state index in [2.05, 4.69) is 49.1 Å². The Morgan fingerprint density at radius 2 is 1.90 bits per heavy atom. The minimum absolute atomic E-state index is 0.677. The molecule has 1 aromatic carbocycles. The Kier molecular flexibility index (Phi) is 5.37. The van der Waals surface area contributed by atoms with Crippen molar-refractivity contribution in [2.45, 2.75) is 26.9 Å². The Morgan fingerprint density at radius 3 is 2.55 bits per heavy atom. The maximum atomic E-state index is 5.75. The molecule has 0 heterocycles. The van der Waals surface area contributed by atoms with Crippen molar-refractivity contribution in [3.05, 3.63) is 65.8 Å². The predicted octanol–water partition coefficient (Wildman–Crippen LogP) is 5.00. The molecule has 1 saturated carbocycles. The minimum atomic E-state index is 0.677. The molecule has 1 heteroatoms. The van der Waals surface area contributed by atoms with Gasteiger partial charge in [0, 0.05) is 0 Å². The van der Waals surface area contributed by atoms with E-state index < -0.39 is 0 Å². The molecule has 0 radical (unpaired) electrons. The molecule has 1 nitrogen and oxygen atoms in total. The van der Waals surface area contributed by atoms with E-state index >= 15 is 0 Å². The summed E-state index contributed by atoms with van der Waals surface area (Å²) in [4.78, 5) is 0. The van der Waals surface area contributed by atoms with Gasteiger partial charge in [-0.2, -0.15) is 0 Å². The number of ether oxygens (including phenoxy) is 1. The molecular formula is C19H24O. The summed E-state index contributed by atoms with van der Waals surface area (Å²) in [6.45, 7) is 9.15. The molecular weight excluding hydrogens is 244 g/mol. The van der Waals surface area contributed by atoms with Gasteiger partial charge in [-0.05, 0) is 35.0 Å². The Balaban J connectivity index is 0.000000704. The highest BCUT2D eigenvalue weighted by Gasteiger charge is 2.34. The third-order valence-electron chi connectivity index (χ3n) is 3.63. The molecule has 2 atom stereocenters. The highest BCUT2D eigenvalue weighted by Crippen LogP contribution is 2.44. The average Bonchev–Trinajstić information content (AvgIpc) is 3.29. The lowest BCUT2D eigenvalue weighted by atomic mass is 10.1. The minimum Gasteiger partial charge on any atom is -0.372 e. The Bertz CT molecular complexity index is 493. The molecule has 0 spiro atoms. The van der Waals surface area contributed by atoms with E-state index in [0.29, 0.717) is 6.61 Å². The number of hydrogen-bond acceptors (Lipinski definition) is 1. The second kappa shape index (κ2) is 7.25. The Hall–Kier alpha value is -1.60. The molecule has 0 N–H and O–H groups in total. The van der Waals surface area contributed by atoms with E-state index in [-0.39, 0.29) is 0 Å². The number of rotatable bonds is 5. The van der Waals surface area contributed by atoms with Crippen LogP contribution in [0.4, 0.5) is 0 Å². The van der Waals surface area contributed by atoms with Crippen LogP contribution in [0.1, 0.15) is 31.4 Å². The lowest BCUT2D eigenvalue weighted by Gasteiger charge is -2.08. The second-order valence-corrected chi connectivity index (χ2v) is 5.10. The molecule has 2 unspecified atom stereocenters. The molecule has 20 heavy (non-hydrogen) atoms. The Morgan fingerprint density at radius 1 is 1.15 bits per heavy atom. The van der Waals surface area contributed by atoms with E-state index in [1.54, 1.807) is 0 Å². The molecule has 0 amide bonds. The van der Waals surface area contributed by atoms with Crippen LogP contribution in [0.5, 0.6) is 0 Å². The van der Waals surface area contributed by atoms with Crippen LogP contribution in [0.15, 0.2) is 54.6 Å². The highest BCUT2D eigenvalue weighted by molar-refractivity contribution is 5.47. The summed E-state index contributed by atoms with van der Waals surface area (Å²) < 4.78 is 5.75. The van der Waals surface area contributed by atoms with E-state index in [1.165, 1.54) is 17.6 Å². The molecule has 0 saturated heterocycles. The zero-order chi connectivity index (χ0) is 14.4. The third kappa shape index (κ3) is 3.94. The normalized spacial score (nSPS) is 22.2. The molecule has 0 aromatic heterocycles. The number of benzene rings is 1. The van der Waals surface area contributed by atoms with Gasteiger partial charge in [0.1, 0.15) is 0 Å².